The number of aromatic nitrogens is 3. The fourth-order valence-corrected chi connectivity index (χ4v) is 4.81. The van der Waals surface area contributed by atoms with Gasteiger partial charge in [0.05, 0.1) is 36.5 Å². The Hall–Kier alpha value is -5.49. The fourth-order valence-electron chi connectivity index (χ4n) is 4.04. The second-order valence-corrected chi connectivity index (χ2v) is 10.2. The molecule has 0 saturated heterocycles. The number of aliphatic imine (C=N–C) groups is 1. The van der Waals surface area contributed by atoms with Gasteiger partial charge in [-0.15, -0.1) is 0 Å². The minimum absolute atomic E-state index is 0.0420. The van der Waals surface area contributed by atoms with Gasteiger partial charge < -0.3 is 30.0 Å². The number of carbonyl (C=O) groups excluding carboxylic acids is 1. The van der Waals surface area contributed by atoms with Crippen LogP contribution < -0.4 is 15.2 Å². The summed E-state index contributed by atoms with van der Waals surface area (Å²) in [6.07, 6.45) is 1.99. The van der Waals surface area contributed by atoms with E-state index in [9.17, 15) is 14.3 Å². The van der Waals surface area contributed by atoms with Crippen molar-refractivity contribution in [1.82, 2.24) is 19.9 Å². The summed E-state index contributed by atoms with van der Waals surface area (Å²) in [5.74, 6) is -4.60. The van der Waals surface area contributed by atoms with E-state index < -0.39 is 29.2 Å². The van der Waals surface area contributed by atoms with Gasteiger partial charge in [-0.2, -0.15) is 9.65 Å². The third kappa shape index (κ3) is 6.30. The van der Waals surface area contributed by atoms with Gasteiger partial charge in [0.1, 0.15) is 23.0 Å². The Morgan fingerprint density at radius 1 is 1.16 bits per heavy atom. The van der Waals surface area contributed by atoms with Crippen molar-refractivity contribution in [2.75, 3.05) is 32.5 Å². The van der Waals surface area contributed by atoms with E-state index in [0.29, 0.717) is 35.6 Å². The van der Waals surface area contributed by atoms with Crippen LogP contribution in [0.15, 0.2) is 63.8 Å². The number of benzene rings is 2. The zero-order chi connectivity index (χ0) is 31.4. The van der Waals surface area contributed by atoms with Crippen molar-refractivity contribution in [2.45, 2.75) is 17.0 Å². The van der Waals surface area contributed by atoms with Crippen LogP contribution in [-0.4, -0.2) is 63.5 Å². The lowest BCUT2D eigenvalue weighted by molar-refractivity contribution is 0.0526. The number of pyridine rings is 1. The number of likely N-dealkylation sites (N-methyl/N-ethyl adjacent to an activating group) is 1. The highest BCUT2D eigenvalue weighted by atomic mass is 32.2. The fraction of sp³-hybridized carbons (Fsp3) is 0.172. The third-order valence-corrected chi connectivity index (χ3v) is 7.03. The number of ether oxygens (including phenoxy) is 3. The Bertz CT molecular complexity index is 1830. The van der Waals surface area contributed by atoms with Gasteiger partial charge in [-0.1, -0.05) is 0 Å². The highest BCUT2D eigenvalue weighted by molar-refractivity contribution is 7.99. The molecule has 0 radical (unpaired) electrons. The van der Waals surface area contributed by atoms with E-state index in [4.69, 9.17) is 25.2 Å². The summed E-state index contributed by atoms with van der Waals surface area (Å²) in [6.45, 7) is 2.95. The molecule has 3 heterocycles. The van der Waals surface area contributed by atoms with E-state index in [1.54, 1.807) is 19.1 Å². The number of anilines is 1. The van der Waals surface area contributed by atoms with E-state index in [-0.39, 0.29) is 46.0 Å². The zero-order valence-electron chi connectivity index (χ0n) is 23.2. The average Bonchev–Trinajstić information content (AvgIpc) is 3.43. The monoisotopic (exact) mass is 619 g/mol. The van der Waals surface area contributed by atoms with E-state index in [2.05, 4.69) is 19.9 Å². The Morgan fingerprint density at radius 2 is 1.98 bits per heavy atom. The Kier molecular flexibility index (Phi) is 8.72. The topological polar surface area (TPSA) is 169 Å². The molecule has 1 aliphatic rings. The highest BCUT2D eigenvalue weighted by Crippen LogP contribution is 2.39. The summed E-state index contributed by atoms with van der Waals surface area (Å²) in [4.78, 5) is 31.1. The highest BCUT2D eigenvalue weighted by Gasteiger charge is 2.25. The number of hydrogen-bond donors (Lipinski definition) is 2. The molecule has 5 rings (SSSR count). The molecule has 224 valence electrons. The maximum atomic E-state index is 15.5. The molecule has 0 spiro atoms. The molecular weight excluding hydrogens is 596 g/mol. The Balaban J connectivity index is 1.47. The molecule has 4 aromatic rings. The lowest BCUT2D eigenvalue weighted by Crippen LogP contribution is -2.24. The van der Waals surface area contributed by atoms with Gasteiger partial charge in [-0.3, -0.25) is 4.99 Å². The summed E-state index contributed by atoms with van der Waals surface area (Å²) in [5, 5.41) is 19.5. The van der Waals surface area contributed by atoms with E-state index >= 15 is 4.39 Å². The summed E-state index contributed by atoms with van der Waals surface area (Å²) < 4.78 is 46.5. The molecule has 15 heteroatoms. The number of phenolic OH excluding ortho intramolecular Hbond substituents is 1. The molecule has 0 fully saturated rings. The summed E-state index contributed by atoms with van der Waals surface area (Å²) in [7, 11) is 1.81. The molecule has 0 amide bonds. The minimum Gasteiger partial charge on any atom is -0.504 e. The molecule has 2 aromatic heterocycles. The zero-order valence-corrected chi connectivity index (χ0v) is 24.1. The molecule has 0 aliphatic carbocycles. The lowest BCUT2D eigenvalue weighted by Gasteiger charge is -2.19. The van der Waals surface area contributed by atoms with Crippen LogP contribution in [0.2, 0.25) is 0 Å². The van der Waals surface area contributed by atoms with Crippen molar-refractivity contribution >= 4 is 29.4 Å². The number of amidine groups is 1. The number of halogens is 2. The van der Waals surface area contributed by atoms with Crippen molar-refractivity contribution in [1.29, 1.82) is 5.26 Å². The molecule has 0 atom stereocenters. The van der Waals surface area contributed by atoms with Crippen LogP contribution in [0.3, 0.4) is 0 Å². The number of nitrogens with zero attached hydrogens (tertiary/aromatic N) is 6. The molecule has 0 saturated carbocycles. The number of rotatable bonds is 9. The van der Waals surface area contributed by atoms with E-state index in [1.165, 1.54) is 30.5 Å². The first-order chi connectivity index (χ1) is 21.2. The first-order valence-corrected chi connectivity index (χ1v) is 13.8. The van der Waals surface area contributed by atoms with Gasteiger partial charge >= 0.3 is 5.97 Å². The van der Waals surface area contributed by atoms with Crippen LogP contribution in [-0.2, 0) is 4.74 Å². The quantitative estimate of drug-likeness (QED) is 0.192. The molecule has 2 aromatic carbocycles. The van der Waals surface area contributed by atoms with Crippen molar-refractivity contribution in [3.63, 3.8) is 0 Å². The molecule has 0 unspecified atom stereocenters. The summed E-state index contributed by atoms with van der Waals surface area (Å²) in [5.41, 5.74) is 6.55. The maximum absolute atomic E-state index is 15.5. The van der Waals surface area contributed by atoms with Gasteiger partial charge in [-0.25, -0.2) is 24.1 Å². The second kappa shape index (κ2) is 12.8. The number of hydrogen-bond acceptors (Lipinski definition) is 13. The van der Waals surface area contributed by atoms with Crippen molar-refractivity contribution in [3.8, 4) is 34.9 Å². The largest absolute Gasteiger partial charge is 0.504 e. The number of phenols is 1. The van der Waals surface area contributed by atoms with Gasteiger partial charge in [0.25, 0.3) is 5.88 Å². The maximum Gasteiger partial charge on any atom is 0.343 e. The normalized spacial score (nSPS) is 12.4. The summed E-state index contributed by atoms with van der Waals surface area (Å²) >= 11 is 1.13. The molecule has 3 N–H and O–H groups in total. The first-order valence-electron chi connectivity index (χ1n) is 13.0. The molecule has 44 heavy (non-hydrogen) atoms. The second-order valence-electron chi connectivity index (χ2n) is 9.11. The molecule has 1 aliphatic heterocycles. The SMILES string of the molecule is CCOC(=O)c1cnc(Sc2ccc(Oc3c(F)cnc(Oc4cc(C#N)ccc4O)c3F)c(C3=NCCN3C)c2)nc1N. The van der Waals surface area contributed by atoms with Crippen LogP contribution in [0.25, 0.3) is 0 Å². The van der Waals surface area contributed by atoms with Crippen molar-refractivity contribution in [3.05, 3.63) is 77.1 Å². The number of nitrogen functional groups attached to an aromatic ring is 1. The number of nitrogens with two attached hydrogens (primary N) is 1. The minimum atomic E-state index is -1.27. The molecular formula is C29H23F2N7O5S. The first kappa shape index (κ1) is 30.0. The number of nitriles is 1. The van der Waals surface area contributed by atoms with Crippen LogP contribution >= 0.6 is 11.8 Å². The molecule has 12 nitrogen and oxygen atoms in total. The number of carbonyl (C=O) groups is 1. The van der Waals surface area contributed by atoms with Crippen molar-refractivity contribution in [2.24, 2.45) is 4.99 Å². The van der Waals surface area contributed by atoms with Crippen LogP contribution in [0, 0.1) is 23.0 Å². The molecule has 0 bridgehead atoms. The van der Waals surface area contributed by atoms with E-state index in [1.807, 2.05) is 18.0 Å². The van der Waals surface area contributed by atoms with Crippen LogP contribution in [0.5, 0.6) is 28.9 Å². The number of aromatic hydroxyl groups is 1. The lowest BCUT2D eigenvalue weighted by atomic mass is 10.1. The number of esters is 1. The predicted octanol–water partition coefficient (Wildman–Crippen LogP) is 4.91. The van der Waals surface area contributed by atoms with Crippen LogP contribution in [0.4, 0.5) is 14.6 Å². The Morgan fingerprint density at radius 3 is 2.68 bits per heavy atom. The van der Waals surface area contributed by atoms with Gasteiger partial charge in [0, 0.05) is 30.8 Å². The average molecular weight is 620 g/mol. The standard InChI is InChI=1S/C29H23F2N7O5S/c1-3-41-28(40)18-13-36-29(37-25(18)33)44-16-5-7-21(17(11-16)26-34-8-9-38(26)2)42-24-19(30)14-35-27(23(24)31)43-22-10-15(12-32)4-6-20(22)39/h4-7,10-11,13-14,39H,3,8-9H2,1-2H3,(H2,33,36,37). The summed E-state index contributed by atoms with van der Waals surface area (Å²) in [6, 6.07) is 10.4. The van der Waals surface area contributed by atoms with Crippen molar-refractivity contribution < 1.29 is 32.9 Å². The Labute approximate surface area is 253 Å². The predicted molar refractivity (Wildman–Crippen MR) is 154 cm³/mol. The smallest absolute Gasteiger partial charge is 0.343 e. The third-order valence-electron chi connectivity index (χ3n) is 6.16. The van der Waals surface area contributed by atoms with Gasteiger partial charge in [0.2, 0.25) is 11.6 Å². The van der Waals surface area contributed by atoms with Gasteiger partial charge in [0.15, 0.2) is 22.5 Å². The van der Waals surface area contributed by atoms with E-state index in [0.717, 1.165) is 11.8 Å². The van der Waals surface area contributed by atoms with Gasteiger partial charge in [-0.05, 0) is 49.0 Å². The van der Waals surface area contributed by atoms with Crippen LogP contribution in [0.1, 0.15) is 28.4 Å².